The molecule has 1 fully saturated rings. The summed E-state index contributed by atoms with van der Waals surface area (Å²) in [5.74, 6) is -0.385. The second-order valence-electron chi connectivity index (χ2n) is 3.98. The second kappa shape index (κ2) is 5.38. The van der Waals surface area contributed by atoms with Crippen molar-refractivity contribution >= 4 is 23.3 Å². The van der Waals surface area contributed by atoms with Gasteiger partial charge in [0, 0.05) is 6.61 Å². The Morgan fingerprint density at radius 3 is 3.00 bits per heavy atom. The smallest absolute Gasteiger partial charge is 0.338 e. The molecule has 1 unspecified atom stereocenters. The molecule has 0 amide bonds. The standard InChI is InChI=1S/C12H14ClNO3/c13-10-4-3-8(6-11(10)14)12(15)17-9-2-1-5-16-7-9/h3-4,6,9H,1-2,5,7,14H2. The van der Waals surface area contributed by atoms with E-state index in [9.17, 15) is 4.79 Å². The van der Waals surface area contributed by atoms with Crippen LogP contribution in [0, 0.1) is 0 Å². The van der Waals surface area contributed by atoms with E-state index < -0.39 is 0 Å². The van der Waals surface area contributed by atoms with Gasteiger partial charge >= 0.3 is 5.97 Å². The van der Waals surface area contributed by atoms with Crippen LogP contribution >= 0.6 is 11.6 Å². The Morgan fingerprint density at radius 1 is 1.53 bits per heavy atom. The van der Waals surface area contributed by atoms with Crippen molar-refractivity contribution in [3.8, 4) is 0 Å². The van der Waals surface area contributed by atoms with Gasteiger partial charge in [0.15, 0.2) is 0 Å². The fourth-order valence-corrected chi connectivity index (χ4v) is 1.81. The Labute approximate surface area is 105 Å². The van der Waals surface area contributed by atoms with E-state index in [4.69, 9.17) is 26.8 Å². The zero-order valence-electron chi connectivity index (χ0n) is 9.32. The summed E-state index contributed by atoms with van der Waals surface area (Å²) in [5, 5.41) is 0.433. The molecule has 2 rings (SSSR count). The molecule has 1 aromatic rings. The molecule has 1 aliphatic rings. The minimum Gasteiger partial charge on any atom is -0.456 e. The fourth-order valence-electron chi connectivity index (χ4n) is 1.69. The minimum absolute atomic E-state index is 0.159. The van der Waals surface area contributed by atoms with Crippen LogP contribution < -0.4 is 5.73 Å². The molecule has 2 N–H and O–H groups in total. The van der Waals surface area contributed by atoms with Crippen LogP contribution in [0.5, 0.6) is 0 Å². The lowest BCUT2D eigenvalue weighted by Gasteiger charge is -2.22. The van der Waals surface area contributed by atoms with Crippen LogP contribution in [-0.4, -0.2) is 25.3 Å². The molecule has 5 heteroatoms. The first-order valence-electron chi connectivity index (χ1n) is 5.50. The van der Waals surface area contributed by atoms with Gasteiger partial charge in [0.05, 0.1) is 22.9 Å². The van der Waals surface area contributed by atoms with Crippen LogP contribution in [0.4, 0.5) is 5.69 Å². The Bertz CT molecular complexity index is 416. The zero-order valence-corrected chi connectivity index (χ0v) is 10.1. The van der Waals surface area contributed by atoms with Gasteiger partial charge in [-0.25, -0.2) is 4.79 Å². The third kappa shape index (κ3) is 3.11. The number of anilines is 1. The number of esters is 1. The molecule has 17 heavy (non-hydrogen) atoms. The first-order chi connectivity index (χ1) is 8.16. The lowest BCUT2D eigenvalue weighted by molar-refractivity contribution is -0.0305. The van der Waals surface area contributed by atoms with Crippen LogP contribution in [0.3, 0.4) is 0 Å². The van der Waals surface area contributed by atoms with E-state index in [1.54, 1.807) is 12.1 Å². The SMILES string of the molecule is Nc1cc(C(=O)OC2CCCOC2)ccc1Cl. The van der Waals surface area contributed by atoms with Crippen molar-refractivity contribution in [2.45, 2.75) is 18.9 Å². The Kier molecular flexibility index (Phi) is 3.86. The van der Waals surface area contributed by atoms with Gasteiger partial charge in [-0.3, -0.25) is 0 Å². The van der Waals surface area contributed by atoms with E-state index in [0.717, 1.165) is 19.4 Å². The topological polar surface area (TPSA) is 61.6 Å². The highest BCUT2D eigenvalue weighted by atomic mass is 35.5. The van der Waals surface area contributed by atoms with Crippen molar-refractivity contribution < 1.29 is 14.3 Å². The number of hydrogen-bond donors (Lipinski definition) is 1. The van der Waals surface area contributed by atoms with E-state index in [1.165, 1.54) is 6.07 Å². The van der Waals surface area contributed by atoms with Gasteiger partial charge in [0.25, 0.3) is 0 Å². The summed E-state index contributed by atoms with van der Waals surface area (Å²) in [5.41, 5.74) is 6.42. The molecule has 1 saturated heterocycles. The molecule has 92 valence electrons. The van der Waals surface area contributed by atoms with Crippen LogP contribution in [0.2, 0.25) is 5.02 Å². The first-order valence-corrected chi connectivity index (χ1v) is 5.88. The average Bonchev–Trinajstić information content (AvgIpc) is 2.34. The lowest BCUT2D eigenvalue weighted by Crippen LogP contribution is -2.28. The third-order valence-electron chi connectivity index (χ3n) is 2.62. The fraction of sp³-hybridized carbons (Fsp3) is 0.417. The van der Waals surface area contributed by atoms with Crippen LogP contribution in [0.1, 0.15) is 23.2 Å². The predicted molar refractivity (Wildman–Crippen MR) is 65.1 cm³/mol. The third-order valence-corrected chi connectivity index (χ3v) is 2.97. The summed E-state index contributed by atoms with van der Waals surface area (Å²) in [6.07, 6.45) is 1.60. The van der Waals surface area contributed by atoms with Crippen molar-refractivity contribution in [2.24, 2.45) is 0 Å². The maximum absolute atomic E-state index is 11.8. The number of hydrogen-bond acceptors (Lipinski definition) is 4. The Hall–Kier alpha value is -1.26. The van der Waals surface area contributed by atoms with Gasteiger partial charge in [0.1, 0.15) is 6.10 Å². The number of benzene rings is 1. The molecule has 4 nitrogen and oxygen atoms in total. The predicted octanol–water partition coefficient (Wildman–Crippen LogP) is 2.26. The molecule has 0 spiro atoms. The quantitative estimate of drug-likeness (QED) is 0.650. The molecule has 0 aromatic heterocycles. The van der Waals surface area contributed by atoms with Crippen molar-refractivity contribution in [1.82, 2.24) is 0 Å². The number of nitrogens with two attached hydrogens (primary N) is 1. The minimum atomic E-state index is -0.385. The molecule has 0 radical (unpaired) electrons. The second-order valence-corrected chi connectivity index (χ2v) is 4.39. The highest BCUT2D eigenvalue weighted by molar-refractivity contribution is 6.33. The van der Waals surface area contributed by atoms with Gasteiger partial charge in [0.2, 0.25) is 0 Å². The van der Waals surface area contributed by atoms with Crippen molar-refractivity contribution in [3.05, 3.63) is 28.8 Å². The summed E-state index contributed by atoms with van der Waals surface area (Å²) in [4.78, 5) is 11.8. The largest absolute Gasteiger partial charge is 0.456 e. The highest BCUT2D eigenvalue weighted by Gasteiger charge is 2.19. The maximum Gasteiger partial charge on any atom is 0.338 e. The Morgan fingerprint density at radius 2 is 2.35 bits per heavy atom. The monoisotopic (exact) mass is 255 g/mol. The highest BCUT2D eigenvalue weighted by Crippen LogP contribution is 2.21. The molecule has 0 aliphatic carbocycles. The van der Waals surface area contributed by atoms with Crippen molar-refractivity contribution in [1.29, 1.82) is 0 Å². The van der Waals surface area contributed by atoms with Gasteiger partial charge in [-0.1, -0.05) is 11.6 Å². The van der Waals surface area contributed by atoms with E-state index in [2.05, 4.69) is 0 Å². The van der Waals surface area contributed by atoms with Crippen molar-refractivity contribution in [3.63, 3.8) is 0 Å². The zero-order chi connectivity index (χ0) is 12.3. The molecular formula is C12H14ClNO3. The summed E-state index contributed by atoms with van der Waals surface area (Å²) in [6.45, 7) is 1.21. The van der Waals surface area contributed by atoms with Gasteiger partial charge in [-0.15, -0.1) is 0 Å². The molecule has 0 bridgehead atoms. The summed E-state index contributed by atoms with van der Waals surface area (Å²) < 4.78 is 10.5. The van der Waals surface area contributed by atoms with Crippen LogP contribution in [0.25, 0.3) is 0 Å². The van der Waals surface area contributed by atoms with Gasteiger partial charge < -0.3 is 15.2 Å². The van der Waals surface area contributed by atoms with Crippen LogP contribution in [0.15, 0.2) is 18.2 Å². The van der Waals surface area contributed by atoms with Gasteiger partial charge in [-0.2, -0.15) is 0 Å². The van der Waals surface area contributed by atoms with Crippen LogP contribution in [-0.2, 0) is 9.47 Å². The molecule has 1 atom stereocenters. The molecule has 1 heterocycles. The average molecular weight is 256 g/mol. The number of rotatable bonds is 2. The summed E-state index contributed by atoms with van der Waals surface area (Å²) >= 11 is 5.78. The number of ether oxygens (including phenoxy) is 2. The molecule has 1 aliphatic heterocycles. The maximum atomic E-state index is 11.8. The van der Waals surface area contributed by atoms with Crippen molar-refractivity contribution in [2.75, 3.05) is 18.9 Å². The number of nitrogen functional groups attached to an aromatic ring is 1. The Balaban J connectivity index is 2.01. The van der Waals surface area contributed by atoms with E-state index in [-0.39, 0.29) is 12.1 Å². The van der Waals surface area contributed by atoms with E-state index in [1.807, 2.05) is 0 Å². The molecular weight excluding hydrogens is 242 g/mol. The first kappa shape index (κ1) is 12.2. The van der Waals surface area contributed by atoms with E-state index in [0.29, 0.717) is 22.9 Å². The summed E-state index contributed by atoms with van der Waals surface area (Å²) in [6, 6.07) is 4.71. The number of carbonyl (C=O) groups is 1. The molecule has 0 saturated carbocycles. The van der Waals surface area contributed by atoms with E-state index >= 15 is 0 Å². The van der Waals surface area contributed by atoms with Gasteiger partial charge in [-0.05, 0) is 31.0 Å². The lowest BCUT2D eigenvalue weighted by atomic mass is 10.1. The number of halogens is 1. The molecule has 1 aromatic carbocycles. The summed E-state index contributed by atoms with van der Waals surface area (Å²) in [7, 11) is 0. The normalized spacial score (nSPS) is 19.9. The number of carbonyl (C=O) groups excluding carboxylic acids is 1.